The normalized spacial score (nSPS) is 11.1. The predicted octanol–water partition coefficient (Wildman–Crippen LogP) is 2.85. The number of carbonyl (C=O) groups excluding carboxylic acids is 1. The lowest BCUT2D eigenvalue weighted by molar-refractivity contribution is 0.0737. The van der Waals surface area contributed by atoms with Crippen molar-refractivity contribution in [2.45, 2.75) is 13.8 Å². The van der Waals surface area contributed by atoms with Crippen molar-refractivity contribution in [2.75, 3.05) is 19.7 Å². The van der Waals surface area contributed by atoms with Gasteiger partial charge in [-0.25, -0.2) is 4.68 Å². The number of thiophene rings is 1. The van der Waals surface area contributed by atoms with Crippen LogP contribution in [0.5, 0.6) is 0 Å². The van der Waals surface area contributed by atoms with Crippen LogP contribution < -0.4 is 0 Å². The fourth-order valence-corrected chi connectivity index (χ4v) is 3.73. The zero-order valence-corrected chi connectivity index (χ0v) is 14.0. The first kappa shape index (κ1) is 15.7. The van der Waals surface area contributed by atoms with Crippen LogP contribution in [0.25, 0.3) is 15.9 Å². The van der Waals surface area contributed by atoms with Gasteiger partial charge in [-0.15, -0.1) is 11.3 Å². The Balaban J connectivity index is 2.04. The van der Waals surface area contributed by atoms with Crippen LogP contribution in [-0.4, -0.2) is 45.4 Å². The van der Waals surface area contributed by atoms with E-state index in [1.807, 2.05) is 54.9 Å². The lowest BCUT2D eigenvalue weighted by Crippen LogP contribution is -2.32. The van der Waals surface area contributed by atoms with Gasteiger partial charge in [-0.1, -0.05) is 18.2 Å². The molecule has 2 heterocycles. The molecular formula is C17H19N3O2S. The van der Waals surface area contributed by atoms with Gasteiger partial charge in [-0.2, -0.15) is 5.10 Å². The maximum Gasteiger partial charge on any atom is 0.264 e. The smallest absolute Gasteiger partial charge is 0.264 e. The number of amides is 1. The van der Waals surface area contributed by atoms with Crippen LogP contribution in [0.4, 0.5) is 0 Å². The third-order valence-electron chi connectivity index (χ3n) is 3.80. The molecule has 1 amide bonds. The highest BCUT2D eigenvalue weighted by molar-refractivity contribution is 7.20. The molecule has 0 radical (unpaired) electrons. The van der Waals surface area contributed by atoms with Crippen LogP contribution in [0, 0.1) is 6.92 Å². The number of fused-ring (bicyclic) bond motifs is 1. The molecule has 1 N–H and O–H groups in total. The fourth-order valence-electron chi connectivity index (χ4n) is 2.58. The number of hydrogen-bond acceptors (Lipinski definition) is 4. The Bertz CT molecular complexity index is 823. The van der Waals surface area contributed by atoms with Gasteiger partial charge in [-0.3, -0.25) is 4.79 Å². The minimum Gasteiger partial charge on any atom is -0.395 e. The topological polar surface area (TPSA) is 58.4 Å². The number of benzene rings is 1. The third-order valence-corrected chi connectivity index (χ3v) is 4.89. The summed E-state index contributed by atoms with van der Waals surface area (Å²) in [6.45, 7) is 4.78. The maximum atomic E-state index is 12.6. The average molecular weight is 329 g/mol. The number of aliphatic hydroxyl groups excluding tert-OH is 1. The number of aromatic nitrogens is 2. The highest BCUT2D eigenvalue weighted by Gasteiger charge is 2.20. The Hall–Kier alpha value is -2.18. The van der Waals surface area contributed by atoms with Gasteiger partial charge < -0.3 is 10.0 Å². The molecule has 6 heteroatoms. The van der Waals surface area contributed by atoms with Crippen LogP contribution in [-0.2, 0) is 0 Å². The minimum atomic E-state index is -0.0400. The van der Waals surface area contributed by atoms with Crippen molar-refractivity contribution in [3.05, 3.63) is 47.0 Å². The molecule has 0 saturated carbocycles. The van der Waals surface area contributed by atoms with Crippen LogP contribution in [0.2, 0.25) is 0 Å². The summed E-state index contributed by atoms with van der Waals surface area (Å²) in [6, 6.07) is 11.8. The number of aliphatic hydroxyl groups is 1. The number of likely N-dealkylation sites (N-methyl/N-ethyl adjacent to an activating group) is 1. The van der Waals surface area contributed by atoms with Crippen molar-refractivity contribution in [1.82, 2.24) is 14.7 Å². The van der Waals surface area contributed by atoms with Gasteiger partial charge >= 0.3 is 0 Å². The fraction of sp³-hybridized carbons (Fsp3) is 0.294. The molecular weight excluding hydrogens is 310 g/mol. The lowest BCUT2D eigenvalue weighted by atomic mass is 10.3. The predicted molar refractivity (Wildman–Crippen MR) is 92.3 cm³/mol. The summed E-state index contributed by atoms with van der Waals surface area (Å²) in [4.78, 5) is 15.9. The number of carbonyl (C=O) groups is 1. The quantitative estimate of drug-likeness (QED) is 0.783. The summed E-state index contributed by atoms with van der Waals surface area (Å²) in [7, 11) is 0. The van der Waals surface area contributed by atoms with Crippen LogP contribution >= 0.6 is 11.3 Å². The first-order chi connectivity index (χ1) is 11.2. The van der Waals surface area contributed by atoms with Crippen molar-refractivity contribution in [3.63, 3.8) is 0 Å². The standard InChI is InChI=1S/C17H19N3O2S/c1-3-19(9-10-21)16(22)15-11-14-12(2)18-20(17(14)23-15)13-7-5-4-6-8-13/h4-8,11,21H,3,9-10H2,1-2H3. The van der Waals surface area contributed by atoms with Crippen LogP contribution in [0.3, 0.4) is 0 Å². The lowest BCUT2D eigenvalue weighted by Gasteiger charge is -2.18. The largest absolute Gasteiger partial charge is 0.395 e. The average Bonchev–Trinajstić information content (AvgIpc) is 3.14. The summed E-state index contributed by atoms with van der Waals surface area (Å²) in [5.41, 5.74) is 1.89. The molecule has 1 aromatic carbocycles. The van der Waals surface area contributed by atoms with E-state index < -0.39 is 0 Å². The van der Waals surface area contributed by atoms with Crippen molar-refractivity contribution >= 4 is 27.5 Å². The molecule has 23 heavy (non-hydrogen) atoms. The molecule has 3 aromatic rings. The highest BCUT2D eigenvalue weighted by atomic mass is 32.1. The number of nitrogens with zero attached hydrogens (tertiary/aromatic N) is 3. The molecule has 0 unspecified atom stereocenters. The van der Waals surface area contributed by atoms with E-state index in [4.69, 9.17) is 5.11 Å². The Morgan fingerprint density at radius 2 is 2.09 bits per heavy atom. The Morgan fingerprint density at radius 3 is 2.74 bits per heavy atom. The van der Waals surface area contributed by atoms with E-state index in [1.54, 1.807) is 4.90 Å². The maximum absolute atomic E-state index is 12.6. The molecule has 0 fully saturated rings. The third kappa shape index (κ3) is 2.87. The van der Waals surface area contributed by atoms with Crippen molar-refractivity contribution in [1.29, 1.82) is 0 Å². The number of rotatable bonds is 5. The van der Waals surface area contributed by atoms with Gasteiger partial charge in [0.1, 0.15) is 4.83 Å². The first-order valence-electron chi connectivity index (χ1n) is 7.60. The molecule has 0 aliphatic rings. The Kier molecular flexibility index (Phi) is 4.45. The number of hydrogen-bond donors (Lipinski definition) is 1. The van der Waals surface area contributed by atoms with Crippen LogP contribution in [0.15, 0.2) is 36.4 Å². The van der Waals surface area contributed by atoms with E-state index >= 15 is 0 Å². The summed E-state index contributed by atoms with van der Waals surface area (Å²) >= 11 is 1.44. The summed E-state index contributed by atoms with van der Waals surface area (Å²) < 4.78 is 1.88. The van der Waals surface area contributed by atoms with Gasteiger partial charge in [0.2, 0.25) is 0 Å². The van der Waals surface area contributed by atoms with E-state index in [2.05, 4.69) is 5.10 Å². The molecule has 0 aliphatic carbocycles. The van der Waals surface area contributed by atoms with E-state index in [9.17, 15) is 4.79 Å². The van der Waals surface area contributed by atoms with E-state index in [-0.39, 0.29) is 12.5 Å². The zero-order chi connectivity index (χ0) is 16.4. The van der Waals surface area contributed by atoms with Gasteiger partial charge in [0.05, 0.1) is 22.9 Å². The van der Waals surface area contributed by atoms with Gasteiger partial charge in [0.15, 0.2) is 0 Å². The molecule has 0 atom stereocenters. The Labute approximate surface area is 138 Å². The number of aryl methyl sites for hydroxylation is 1. The summed E-state index contributed by atoms with van der Waals surface area (Å²) in [5, 5.41) is 14.7. The van der Waals surface area contributed by atoms with Gasteiger partial charge in [-0.05, 0) is 32.0 Å². The first-order valence-corrected chi connectivity index (χ1v) is 8.42. The monoisotopic (exact) mass is 329 g/mol. The summed E-state index contributed by atoms with van der Waals surface area (Å²) in [5.74, 6) is -0.0400. The molecule has 5 nitrogen and oxygen atoms in total. The molecule has 120 valence electrons. The second-order valence-corrected chi connectivity index (χ2v) is 6.30. The molecule has 0 aliphatic heterocycles. The van der Waals surface area contributed by atoms with Crippen molar-refractivity contribution in [3.8, 4) is 5.69 Å². The van der Waals surface area contributed by atoms with Crippen molar-refractivity contribution < 1.29 is 9.90 Å². The zero-order valence-electron chi connectivity index (χ0n) is 13.2. The molecule has 0 spiro atoms. The minimum absolute atomic E-state index is 0.0265. The molecule has 2 aromatic heterocycles. The van der Waals surface area contributed by atoms with Gasteiger partial charge in [0.25, 0.3) is 5.91 Å². The second kappa shape index (κ2) is 6.52. The van der Waals surface area contributed by atoms with E-state index in [1.165, 1.54) is 11.3 Å². The Morgan fingerprint density at radius 1 is 1.35 bits per heavy atom. The van der Waals surface area contributed by atoms with E-state index in [0.717, 1.165) is 21.6 Å². The second-order valence-electron chi connectivity index (χ2n) is 5.27. The van der Waals surface area contributed by atoms with Gasteiger partial charge in [0, 0.05) is 18.5 Å². The highest BCUT2D eigenvalue weighted by Crippen LogP contribution is 2.31. The molecule has 0 saturated heterocycles. The van der Waals surface area contributed by atoms with Crippen LogP contribution in [0.1, 0.15) is 22.3 Å². The SMILES string of the molecule is CCN(CCO)C(=O)c1cc2c(C)nn(-c3ccccc3)c2s1. The van der Waals surface area contributed by atoms with Crippen molar-refractivity contribution in [2.24, 2.45) is 0 Å². The molecule has 0 bridgehead atoms. The number of para-hydroxylation sites is 1. The summed E-state index contributed by atoms with van der Waals surface area (Å²) in [6.07, 6.45) is 0. The van der Waals surface area contributed by atoms with E-state index in [0.29, 0.717) is 18.0 Å². The molecule has 3 rings (SSSR count).